The quantitative estimate of drug-likeness (QED) is 0.585. The van der Waals surface area contributed by atoms with Gasteiger partial charge in [0, 0.05) is 16.6 Å². The number of benzene rings is 2. The molecule has 0 atom stereocenters. The summed E-state index contributed by atoms with van der Waals surface area (Å²) in [6.45, 7) is 4.53. The molecular formula is C22H20FN3OS. The highest BCUT2D eigenvalue weighted by molar-refractivity contribution is 7.11. The summed E-state index contributed by atoms with van der Waals surface area (Å²) in [4.78, 5) is 6.34. The monoisotopic (exact) mass is 393 g/mol. The number of hydrogen-bond acceptors (Lipinski definition) is 4. The zero-order chi connectivity index (χ0) is 19.8. The Labute approximate surface area is 167 Å². The van der Waals surface area contributed by atoms with E-state index in [-0.39, 0.29) is 24.0 Å². The number of aliphatic hydroxyl groups excluding tert-OH is 1. The van der Waals surface area contributed by atoms with Crippen LogP contribution in [0.1, 0.15) is 30.3 Å². The van der Waals surface area contributed by atoms with Crippen LogP contribution in [0.25, 0.3) is 16.8 Å². The summed E-state index contributed by atoms with van der Waals surface area (Å²) in [5.41, 5.74) is 4.05. The molecule has 0 amide bonds. The molecule has 0 saturated heterocycles. The standard InChI is InChI=1S/C22H20FN3OS/c1-13(2)14-5-9-17(10-6-14)26-11-19(27)20(21(26)24)22-25-18(12-28-22)15-3-7-16(23)8-4-15/h3-10,12-13,24,27H,11H2,1-2H3. The Bertz CT molecular complexity index is 1050. The molecule has 0 saturated carbocycles. The van der Waals surface area contributed by atoms with E-state index in [0.29, 0.717) is 22.2 Å². The molecule has 2 heterocycles. The van der Waals surface area contributed by atoms with Gasteiger partial charge < -0.3 is 10.0 Å². The average molecular weight is 393 g/mol. The van der Waals surface area contributed by atoms with Crippen LogP contribution in [0.3, 0.4) is 0 Å². The second kappa shape index (κ2) is 7.20. The summed E-state index contributed by atoms with van der Waals surface area (Å²) in [5, 5.41) is 21.5. The van der Waals surface area contributed by atoms with E-state index < -0.39 is 0 Å². The SMILES string of the molecule is CC(C)c1ccc(N2CC(O)=C(c3nc(-c4ccc(F)cc4)cs3)C2=N)cc1. The zero-order valence-electron chi connectivity index (χ0n) is 15.6. The third-order valence-electron chi connectivity index (χ3n) is 4.83. The van der Waals surface area contributed by atoms with Gasteiger partial charge in [-0.3, -0.25) is 5.41 Å². The highest BCUT2D eigenvalue weighted by Crippen LogP contribution is 2.34. The Morgan fingerprint density at radius 1 is 1.11 bits per heavy atom. The van der Waals surface area contributed by atoms with Gasteiger partial charge in [0.25, 0.3) is 0 Å². The summed E-state index contributed by atoms with van der Waals surface area (Å²) < 4.78 is 13.1. The molecule has 142 valence electrons. The maximum absolute atomic E-state index is 13.1. The molecule has 0 unspecified atom stereocenters. The molecule has 3 aromatic rings. The van der Waals surface area contributed by atoms with Crippen molar-refractivity contribution < 1.29 is 9.50 Å². The second-order valence-corrected chi connectivity index (χ2v) is 7.91. The van der Waals surface area contributed by atoms with Gasteiger partial charge in [0.2, 0.25) is 0 Å². The van der Waals surface area contributed by atoms with Crippen LogP contribution in [0.4, 0.5) is 10.1 Å². The molecule has 28 heavy (non-hydrogen) atoms. The number of halogens is 1. The fourth-order valence-electron chi connectivity index (χ4n) is 3.21. The number of aliphatic hydroxyl groups is 1. The molecule has 2 aromatic carbocycles. The van der Waals surface area contributed by atoms with E-state index in [2.05, 4.69) is 31.0 Å². The van der Waals surface area contributed by atoms with Crippen LogP contribution in [0.5, 0.6) is 0 Å². The minimum Gasteiger partial charge on any atom is -0.510 e. The van der Waals surface area contributed by atoms with Crippen molar-refractivity contribution in [3.8, 4) is 11.3 Å². The van der Waals surface area contributed by atoms with Crippen LogP contribution in [0, 0.1) is 11.2 Å². The minimum absolute atomic E-state index is 0.137. The lowest BCUT2D eigenvalue weighted by molar-refractivity contribution is 0.411. The van der Waals surface area contributed by atoms with E-state index in [9.17, 15) is 9.50 Å². The lowest BCUT2D eigenvalue weighted by atomic mass is 10.0. The Hall–Kier alpha value is -2.99. The summed E-state index contributed by atoms with van der Waals surface area (Å²) >= 11 is 1.37. The van der Waals surface area contributed by atoms with Crippen molar-refractivity contribution in [2.24, 2.45) is 0 Å². The van der Waals surface area contributed by atoms with E-state index in [0.717, 1.165) is 11.3 Å². The van der Waals surface area contributed by atoms with Gasteiger partial charge in [0.15, 0.2) is 0 Å². The van der Waals surface area contributed by atoms with Crippen molar-refractivity contribution in [1.82, 2.24) is 4.98 Å². The molecule has 0 fully saturated rings. The van der Waals surface area contributed by atoms with Gasteiger partial charge in [-0.1, -0.05) is 26.0 Å². The fourth-order valence-corrected chi connectivity index (χ4v) is 4.10. The first-order valence-electron chi connectivity index (χ1n) is 9.04. The Morgan fingerprint density at radius 3 is 2.43 bits per heavy atom. The predicted octanol–water partition coefficient (Wildman–Crippen LogP) is 5.84. The van der Waals surface area contributed by atoms with Crippen molar-refractivity contribution in [2.75, 3.05) is 11.4 Å². The van der Waals surface area contributed by atoms with Crippen LogP contribution in [-0.4, -0.2) is 22.5 Å². The van der Waals surface area contributed by atoms with Gasteiger partial charge in [0.05, 0.1) is 17.8 Å². The van der Waals surface area contributed by atoms with Gasteiger partial charge in [-0.05, 0) is 47.9 Å². The van der Waals surface area contributed by atoms with Gasteiger partial charge in [-0.15, -0.1) is 11.3 Å². The number of thiazole rings is 1. The first-order valence-corrected chi connectivity index (χ1v) is 9.92. The molecule has 1 aromatic heterocycles. The number of hydrogen-bond donors (Lipinski definition) is 2. The first kappa shape index (κ1) is 18.4. The molecule has 0 spiro atoms. The van der Waals surface area contributed by atoms with Crippen LogP contribution >= 0.6 is 11.3 Å². The van der Waals surface area contributed by atoms with Crippen molar-refractivity contribution in [3.63, 3.8) is 0 Å². The third kappa shape index (κ3) is 3.31. The molecule has 1 aliphatic heterocycles. The normalized spacial score (nSPS) is 14.4. The maximum Gasteiger partial charge on any atom is 0.139 e. The number of rotatable bonds is 4. The number of nitrogens with one attached hydrogen (secondary N) is 1. The number of amidine groups is 1. The lowest BCUT2D eigenvalue weighted by Crippen LogP contribution is -2.26. The molecule has 6 heteroatoms. The van der Waals surface area contributed by atoms with Crippen molar-refractivity contribution >= 4 is 28.4 Å². The average Bonchev–Trinajstić information content (AvgIpc) is 3.27. The maximum atomic E-state index is 13.1. The van der Waals surface area contributed by atoms with Gasteiger partial charge in [-0.25, -0.2) is 9.37 Å². The van der Waals surface area contributed by atoms with Crippen molar-refractivity contribution in [2.45, 2.75) is 19.8 Å². The summed E-state index contributed by atoms with van der Waals surface area (Å²) in [6.07, 6.45) is 0. The first-order chi connectivity index (χ1) is 13.4. The van der Waals surface area contributed by atoms with E-state index >= 15 is 0 Å². The summed E-state index contributed by atoms with van der Waals surface area (Å²) in [5.74, 6) is 0.512. The van der Waals surface area contributed by atoms with Gasteiger partial charge in [0.1, 0.15) is 22.4 Å². The minimum atomic E-state index is -0.295. The summed E-state index contributed by atoms with van der Waals surface area (Å²) in [7, 11) is 0. The molecule has 2 N–H and O–H groups in total. The topological polar surface area (TPSA) is 60.2 Å². The predicted molar refractivity (Wildman–Crippen MR) is 113 cm³/mol. The van der Waals surface area contributed by atoms with Crippen LogP contribution in [0.15, 0.2) is 59.7 Å². The largest absolute Gasteiger partial charge is 0.510 e. The highest BCUT2D eigenvalue weighted by Gasteiger charge is 2.31. The number of nitrogens with zero attached hydrogens (tertiary/aromatic N) is 2. The Balaban J connectivity index is 1.60. The molecule has 0 bridgehead atoms. The smallest absolute Gasteiger partial charge is 0.139 e. The van der Waals surface area contributed by atoms with E-state index in [4.69, 9.17) is 5.41 Å². The Kier molecular flexibility index (Phi) is 4.73. The summed E-state index contributed by atoms with van der Waals surface area (Å²) in [6, 6.07) is 14.2. The highest BCUT2D eigenvalue weighted by atomic mass is 32.1. The van der Waals surface area contributed by atoms with Gasteiger partial charge >= 0.3 is 0 Å². The van der Waals surface area contributed by atoms with E-state index in [1.807, 2.05) is 17.5 Å². The number of aromatic nitrogens is 1. The van der Waals surface area contributed by atoms with Crippen LogP contribution in [0.2, 0.25) is 0 Å². The fraction of sp³-hybridized carbons (Fsp3) is 0.182. The molecular weight excluding hydrogens is 373 g/mol. The Morgan fingerprint density at radius 2 is 1.79 bits per heavy atom. The third-order valence-corrected chi connectivity index (χ3v) is 5.69. The lowest BCUT2D eigenvalue weighted by Gasteiger charge is -2.19. The molecule has 1 aliphatic rings. The van der Waals surface area contributed by atoms with Crippen LogP contribution in [-0.2, 0) is 0 Å². The molecule has 0 aliphatic carbocycles. The van der Waals surface area contributed by atoms with E-state index in [1.54, 1.807) is 17.0 Å². The van der Waals surface area contributed by atoms with E-state index in [1.165, 1.54) is 29.0 Å². The molecule has 4 rings (SSSR count). The van der Waals surface area contributed by atoms with Crippen molar-refractivity contribution in [3.05, 3.63) is 76.1 Å². The van der Waals surface area contributed by atoms with Crippen molar-refractivity contribution in [1.29, 1.82) is 5.41 Å². The van der Waals surface area contributed by atoms with Gasteiger partial charge in [-0.2, -0.15) is 0 Å². The van der Waals surface area contributed by atoms with Crippen LogP contribution < -0.4 is 4.90 Å². The second-order valence-electron chi connectivity index (χ2n) is 7.05. The zero-order valence-corrected chi connectivity index (χ0v) is 16.4. The number of anilines is 1. The molecule has 4 nitrogen and oxygen atoms in total. The molecule has 0 radical (unpaired) electrons.